The lowest BCUT2D eigenvalue weighted by Crippen LogP contribution is -2.26. The van der Waals surface area contributed by atoms with E-state index in [-0.39, 0.29) is 22.9 Å². The number of benzene rings is 1. The molecule has 0 fully saturated rings. The minimum Gasteiger partial charge on any atom is -0.423 e. The zero-order valence-corrected chi connectivity index (χ0v) is 12.5. The van der Waals surface area contributed by atoms with E-state index < -0.39 is 17.0 Å². The standard InChI is InChI=1S/C15H19NO5/c1-8(2)13(17)11(5)15(18)21-14-9(3)6-12(16(19)20)7-10(14)4/h6-8,13,17H,5H2,1-4H3/t13-/m1/s1. The van der Waals surface area contributed by atoms with E-state index in [2.05, 4.69) is 6.58 Å². The molecule has 6 heteroatoms. The highest BCUT2D eigenvalue weighted by Crippen LogP contribution is 2.29. The number of esters is 1. The number of hydrogen-bond donors (Lipinski definition) is 1. The first-order valence-corrected chi connectivity index (χ1v) is 6.49. The third-order valence-corrected chi connectivity index (χ3v) is 3.10. The number of carbonyl (C=O) groups excluding carboxylic acids is 1. The molecule has 0 aromatic heterocycles. The lowest BCUT2D eigenvalue weighted by atomic mass is 10.0. The Kier molecular flexibility index (Phi) is 5.21. The molecular formula is C15H19NO5. The van der Waals surface area contributed by atoms with E-state index in [1.54, 1.807) is 27.7 Å². The van der Waals surface area contributed by atoms with Crippen LogP contribution in [0.25, 0.3) is 0 Å². The van der Waals surface area contributed by atoms with Crippen molar-refractivity contribution in [2.24, 2.45) is 5.92 Å². The van der Waals surface area contributed by atoms with Crippen molar-refractivity contribution < 1.29 is 19.6 Å². The van der Waals surface area contributed by atoms with Crippen molar-refractivity contribution in [3.8, 4) is 5.75 Å². The molecule has 0 amide bonds. The van der Waals surface area contributed by atoms with E-state index in [0.717, 1.165) is 0 Å². The molecule has 0 bridgehead atoms. The summed E-state index contributed by atoms with van der Waals surface area (Å²) in [5.41, 5.74) is 0.844. The molecule has 0 aliphatic rings. The molecule has 0 aliphatic carbocycles. The smallest absolute Gasteiger partial charge is 0.341 e. The molecule has 6 nitrogen and oxygen atoms in total. The highest BCUT2D eigenvalue weighted by molar-refractivity contribution is 5.91. The van der Waals surface area contributed by atoms with Gasteiger partial charge >= 0.3 is 5.97 Å². The van der Waals surface area contributed by atoms with Gasteiger partial charge < -0.3 is 9.84 Å². The van der Waals surface area contributed by atoms with Crippen LogP contribution in [0.5, 0.6) is 5.75 Å². The molecule has 0 saturated heterocycles. The normalized spacial score (nSPS) is 12.1. The summed E-state index contributed by atoms with van der Waals surface area (Å²) in [7, 11) is 0. The first-order valence-electron chi connectivity index (χ1n) is 6.49. The topological polar surface area (TPSA) is 89.7 Å². The van der Waals surface area contributed by atoms with Crippen LogP contribution in [-0.2, 0) is 4.79 Å². The van der Waals surface area contributed by atoms with Crippen molar-refractivity contribution in [3.63, 3.8) is 0 Å². The summed E-state index contributed by atoms with van der Waals surface area (Å²) in [6.45, 7) is 10.3. The van der Waals surface area contributed by atoms with Crippen LogP contribution in [0.1, 0.15) is 25.0 Å². The zero-order valence-electron chi connectivity index (χ0n) is 12.5. The van der Waals surface area contributed by atoms with Crippen molar-refractivity contribution in [1.82, 2.24) is 0 Å². The SMILES string of the molecule is C=C(C(=O)Oc1c(C)cc([N+](=O)[O-])cc1C)[C@H](O)C(C)C. The third-order valence-electron chi connectivity index (χ3n) is 3.10. The minimum absolute atomic E-state index is 0.0397. The fourth-order valence-electron chi connectivity index (χ4n) is 1.88. The molecule has 1 N–H and O–H groups in total. The van der Waals surface area contributed by atoms with E-state index in [4.69, 9.17) is 4.74 Å². The number of nitro benzene ring substituents is 1. The van der Waals surface area contributed by atoms with Gasteiger partial charge in [-0.1, -0.05) is 20.4 Å². The molecule has 21 heavy (non-hydrogen) atoms. The highest BCUT2D eigenvalue weighted by Gasteiger charge is 2.23. The summed E-state index contributed by atoms with van der Waals surface area (Å²) in [5.74, 6) is -0.650. The van der Waals surface area contributed by atoms with Gasteiger partial charge in [-0.15, -0.1) is 0 Å². The lowest BCUT2D eigenvalue weighted by molar-refractivity contribution is -0.385. The summed E-state index contributed by atoms with van der Waals surface area (Å²) in [6.07, 6.45) is -0.990. The molecule has 1 atom stereocenters. The Morgan fingerprint density at radius 1 is 1.33 bits per heavy atom. The Hall–Kier alpha value is -2.21. The molecular weight excluding hydrogens is 274 g/mol. The second kappa shape index (κ2) is 6.49. The number of nitrogens with zero attached hydrogens (tertiary/aromatic N) is 1. The third kappa shape index (κ3) is 3.88. The maximum Gasteiger partial charge on any atom is 0.341 e. The van der Waals surface area contributed by atoms with Gasteiger partial charge in [0, 0.05) is 12.1 Å². The van der Waals surface area contributed by atoms with Gasteiger partial charge in [0.2, 0.25) is 0 Å². The average molecular weight is 293 g/mol. The van der Waals surface area contributed by atoms with E-state index >= 15 is 0 Å². The highest BCUT2D eigenvalue weighted by atomic mass is 16.6. The molecule has 1 aromatic carbocycles. The van der Waals surface area contributed by atoms with Gasteiger partial charge in [0.25, 0.3) is 5.69 Å². The van der Waals surface area contributed by atoms with Crippen molar-refractivity contribution in [3.05, 3.63) is 45.5 Å². The van der Waals surface area contributed by atoms with Crippen LogP contribution in [-0.4, -0.2) is 22.1 Å². The number of ether oxygens (including phenoxy) is 1. The van der Waals surface area contributed by atoms with Gasteiger partial charge in [0.15, 0.2) is 0 Å². The molecule has 1 rings (SSSR count). The monoisotopic (exact) mass is 293 g/mol. The first-order chi connectivity index (χ1) is 9.65. The van der Waals surface area contributed by atoms with Crippen molar-refractivity contribution in [2.75, 3.05) is 0 Å². The molecule has 114 valence electrons. The van der Waals surface area contributed by atoms with Crippen LogP contribution in [0.15, 0.2) is 24.3 Å². The molecule has 0 spiro atoms. The fourth-order valence-corrected chi connectivity index (χ4v) is 1.88. The van der Waals surface area contributed by atoms with Crippen molar-refractivity contribution in [1.29, 1.82) is 0 Å². The average Bonchev–Trinajstić information content (AvgIpc) is 2.40. The number of aliphatic hydroxyl groups excluding tert-OH is 1. The van der Waals surface area contributed by atoms with Gasteiger partial charge in [-0.3, -0.25) is 10.1 Å². The molecule has 1 aromatic rings. The van der Waals surface area contributed by atoms with Gasteiger partial charge in [-0.05, 0) is 30.9 Å². The summed E-state index contributed by atoms with van der Waals surface area (Å²) < 4.78 is 5.22. The molecule has 0 aliphatic heterocycles. The Balaban J connectivity index is 3.01. The van der Waals surface area contributed by atoms with E-state index in [0.29, 0.717) is 11.1 Å². The largest absolute Gasteiger partial charge is 0.423 e. The number of carbonyl (C=O) groups is 1. The first kappa shape index (κ1) is 16.8. The number of nitro groups is 1. The van der Waals surface area contributed by atoms with Crippen molar-refractivity contribution in [2.45, 2.75) is 33.8 Å². The molecule has 0 heterocycles. The predicted octanol–water partition coefficient (Wildman–Crippen LogP) is 2.69. The minimum atomic E-state index is -0.990. The Bertz CT molecular complexity index is 569. The summed E-state index contributed by atoms with van der Waals surface area (Å²) in [4.78, 5) is 22.2. The Morgan fingerprint density at radius 2 is 1.81 bits per heavy atom. The lowest BCUT2D eigenvalue weighted by Gasteiger charge is -2.17. The van der Waals surface area contributed by atoms with Crippen LogP contribution >= 0.6 is 0 Å². The van der Waals surface area contributed by atoms with Crippen LogP contribution in [0.3, 0.4) is 0 Å². The Labute approximate surface area is 123 Å². The van der Waals surface area contributed by atoms with Crippen LogP contribution in [0, 0.1) is 29.9 Å². The molecule has 0 radical (unpaired) electrons. The van der Waals surface area contributed by atoms with Crippen LogP contribution < -0.4 is 4.74 Å². The number of non-ortho nitro benzene ring substituents is 1. The summed E-state index contributed by atoms with van der Waals surface area (Å²) >= 11 is 0. The maximum atomic E-state index is 12.0. The second-order valence-corrected chi connectivity index (χ2v) is 5.27. The van der Waals surface area contributed by atoms with E-state index in [1.807, 2.05) is 0 Å². The van der Waals surface area contributed by atoms with Gasteiger partial charge in [0.1, 0.15) is 5.75 Å². The van der Waals surface area contributed by atoms with E-state index in [9.17, 15) is 20.0 Å². The number of aryl methyl sites for hydroxylation is 2. The maximum absolute atomic E-state index is 12.0. The molecule has 0 unspecified atom stereocenters. The fraction of sp³-hybridized carbons (Fsp3) is 0.400. The number of hydrogen-bond acceptors (Lipinski definition) is 5. The van der Waals surface area contributed by atoms with Gasteiger partial charge in [0.05, 0.1) is 16.6 Å². The van der Waals surface area contributed by atoms with E-state index in [1.165, 1.54) is 12.1 Å². The Morgan fingerprint density at radius 3 is 2.19 bits per heavy atom. The zero-order chi connectivity index (χ0) is 16.3. The summed E-state index contributed by atoms with van der Waals surface area (Å²) in [5, 5.41) is 20.6. The van der Waals surface area contributed by atoms with Crippen molar-refractivity contribution >= 4 is 11.7 Å². The van der Waals surface area contributed by atoms with Gasteiger partial charge in [-0.25, -0.2) is 4.79 Å². The predicted molar refractivity (Wildman–Crippen MR) is 78.2 cm³/mol. The number of rotatable bonds is 5. The summed E-state index contributed by atoms with van der Waals surface area (Å²) in [6, 6.07) is 2.66. The number of aliphatic hydroxyl groups is 1. The molecule has 0 saturated carbocycles. The van der Waals surface area contributed by atoms with Crippen LogP contribution in [0.4, 0.5) is 5.69 Å². The second-order valence-electron chi connectivity index (χ2n) is 5.27. The van der Waals surface area contributed by atoms with Gasteiger partial charge in [-0.2, -0.15) is 0 Å². The quantitative estimate of drug-likeness (QED) is 0.296. The van der Waals surface area contributed by atoms with Crippen LogP contribution in [0.2, 0.25) is 0 Å².